The van der Waals surface area contributed by atoms with Crippen LogP contribution in [0.4, 0.5) is 0 Å². The fraction of sp³-hybridized carbons (Fsp3) is 0.733. The Morgan fingerprint density at radius 2 is 1.79 bits per heavy atom. The third kappa shape index (κ3) is 7.13. The largest absolute Gasteiger partial charge is 0.493 e. The molecular weight excluding hydrogens is 484 g/mol. The second-order valence-corrected chi connectivity index (χ2v) is 11.6. The lowest BCUT2D eigenvalue weighted by Crippen LogP contribution is -2.46. The molecule has 1 amide bonds. The van der Waals surface area contributed by atoms with Gasteiger partial charge in [0.25, 0.3) is 0 Å². The molecule has 8 nitrogen and oxygen atoms in total. The molecule has 1 aromatic rings. The van der Waals surface area contributed by atoms with Crippen LogP contribution in [0.15, 0.2) is 12.1 Å². The minimum atomic E-state index is -0.802. The van der Waals surface area contributed by atoms with Crippen LogP contribution in [-0.4, -0.2) is 66.4 Å². The van der Waals surface area contributed by atoms with Crippen LogP contribution < -0.4 is 14.2 Å². The highest BCUT2D eigenvalue weighted by molar-refractivity contribution is 5.79. The average Bonchev–Trinajstić information content (AvgIpc) is 3.48. The highest BCUT2D eigenvalue weighted by Gasteiger charge is 2.48. The fourth-order valence-corrected chi connectivity index (χ4v) is 6.08. The molecule has 2 aliphatic heterocycles. The van der Waals surface area contributed by atoms with Gasteiger partial charge in [0, 0.05) is 25.2 Å². The molecule has 2 aliphatic rings. The van der Waals surface area contributed by atoms with Crippen LogP contribution in [0.25, 0.3) is 0 Å². The summed E-state index contributed by atoms with van der Waals surface area (Å²) in [6.45, 7) is 12.6. The van der Waals surface area contributed by atoms with E-state index in [1.165, 1.54) is 0 Å². The van der Waals surface area contributed by atoms with Crippen LogP contribution in [0, 0.1) is 11.3 Å². The molecule has 214 valence electrons. The summed E-state index contributed by atoms with van der Waals surface area (Å²) in [6, 6.07) is 3.35. The highest BCUT2D eigenvalue weighted by Crippen LogP contribution is 2.49. The third-order valence-corrected chi connectivity index (χ3v) is 8.07. The number of benzene rings is 1. The van der Waals surface area contributed by atoms with Crippen molar-refractivity contribution in [3.8, 4) is 17.2 Å². The number of hydrogen-bond donors (Lipinski definition) is 1. The summed E-state index contributed by atoms with van der Waals surface area (Å²) in [4.78, 5) is 30.5. The number of aliphatic carboxylic acids is 1. The monoisotopic (exact) mass is 532 g/mol. The van der Waals surface area contributed by atoms with Crippen molar-refractivity contribution in [1.82, 2.24) is 9.80 Å². The van der Waals surface area contributed by atoms with E-state index in [1.807, 2.05) is 17.0 Å². The normalized spacial score (nSPS) is 21.1. The Bertz CT molecular complexity index is 941. The van der Waals surface area contributed by atoms with Gasteiger partial charge in [0.05, 0.1) is 19.6 Å². The number of hydrogen-bond acceptors (Lipinski definition) is 6. The van der Waals surface area contributed by atoms with Gasteiger partial charge in [-0.05, 0) is 55.2 Å². The summed E-state index contributed by atoms with van der Waals surface area (Å²) in [5, 5.41) is 10.3. The molecule has 0 unspecified atom stereocenters. The first-order valence-corrected chi connectivity index (χ1v) is 14.4. The maximum absolute atomic E-state index is 13.8. The van der Waals surface area contributed by atoms with Crippen LogP contribution in [0.1, 0.15) is 97.6 Å². The fourth-order valence-electron chi connectivity index (χ4n) is 6.08. The summed E-state index contributed by atoms with van der Waals surface area (Å²) in [5.74, 6) is 0.436. The van der Waals surface area contributed by atoms with Gasteiger partial charge in [0.15, 0.2) is 11.5 Å². The lowest BCUT2D eigenvalue weighted by atomic mass is 9.78. The van der Waals surface area contributed by atoms with Crippen molar-refractivity contribution in [2.75, 3.05) is 33.5 Å². The Balaban J connectivity index is 2.01. The van der Waals surface area contributed by atoms with Gasteiger partial charge >= 0.3 is 5.97 Å². The molecule has 2 heterocycles. The molecule has 0 saturated carbocycles. The quantitative estimate of drug-likeness (QED) is 0.301. The molecule has 3 rings (SSSR count). The Morgan fingerprint density at radius 3 is 2.37 bits per heavy atom. The van der Waals surface area contributed by atoms with E-state index in [1.54, 1.807) is 7.11 Å². The molecule has 0 spiro atoms. The molecule has 0 aromatic heterocycles. The number of amides is 1. The molecule has 1 aromatic carbocycles. The number of carboxylic acid groups (broad SMARTS) is 1. The van der Waals surface area contributed by atoms with Crippen molar-refractivity contribution < 1.29 is 28.9 Å². The molecular formula is C30H48N2O6. The van der Waals surface area contributed by atoms with Crippen molar-refractivity contribution in [1.29, 1.82) is 0 Å². The zero-order chi connectivity index (χ0) is 27.9. The summed E-state index contributed by atoms with van der Waals surface area (Å²) < 4.78 is 16.9. The summed E-state index contributed by atoms with van der Waals surface area (Å²) in [6.07, 6.45) is 7.14. The van der Waals surface area contributed by atoms with Gasteiger partial charge in [-0.2, -0.15) is 0 Å². The van der Waals surface area contributed by atoms with E-state index < -0.39 is 11.9 Å². The van der Waals surface area contributed by atoms with E-state index in [2.05, 4.69) is 39.5 Å². The van der Waals surface area contributed by atoms with E-state index >= 15 is 0 Å². The predicted molar refractivity (Wildman–Crippen MR) is 148 cm³/mol. The third-order valence-electron chi connectivity index (χ3n) is 8.07. The number of unbranched alkanes of at least 4 members (excludes halogenated alkanes) is 2. The van der Waals surface area contributed by atoms with Crippen molar-refractivity contribution in [2.45, 2.75) is 98.1 Å². The molecule has 0 aliphatic carbocycles. The number of methoxy groups -OCH3 is 1. The number of ether oxygens (including phenoxy) is 3. The van der Waals surface area contributed by atoms with Gasteiger partial charge < -0.3 is 24.2 Å². The number of carbonyl (C=O) groups is 2. The van der Waals surface area contributed by atoms with Crippen molar-refractivity contribution in [3.63, 3.8) is 0 Å². The van der Waals surface area contributed by atoms with Crippen LogP contribution in [0.3, 0.4) is 0 Å². The van der Waals surface area contributed by atoms with E-state index in [0.29, 0.717) is 30.1 Å². The summed E-state index contributed by atoms with van der Waals surface area (Å²) >= 11 is 0. The first-order valence-electron chi connectivity index (χ1n) is 14.4. The SMILES string of the molecule is CCCCN(CCCC)C(=O)CN1[C@H](c2cc(OC)c3c(c2)OCO3)C[C@@H](C(=O)O)[C@@H]1CC(C)(C)CCC. The van der Waals surface area contributed by atoms with Gasteiger partial charge in [-0.15, -0.1) is 0 Å². The van der Waals surface area contributed by atoms with Crippen molar-refractivity contribution >= 4 is 11.9 Å². The molecule has 0 radical (unpaired) electrons. The standard InChI is InChI=1S/C30H48N2O6/c1-7-10-13-31(14-11-8-2)27(33)19-32-23(21-15-25(36-6)28-26(16-21)37-20-38-28)17-22(29(34)35)24(32)18-30(4,5)12-9-3/h15-16,22-24H,7-14,17-20H2,1-6H3,(H,34,35)/t22-,23+,24+/m1/s1. The Kier molecular flexibility index (Phi) is 10.7. The van der Waals surface area contributed by atoms with Crippen LogP contribution in [0.2, 0.25) is 0 Å². The number of carbonyl (C=O) groups excluding carboxylic acids is 1. The number of nitrogens with zero attached hydrogens (tertiary/aromatic N) is 2. The second kappa shape index (κ2) is 13.5. The summed E-state index contributed by atoms with van der Waals surface area (Å²) in [5.41, 5.74) is 0.856. The number of likely N-dealkylation sites (tertiary alicyclic amines) is 1. The minimum Gasteiger partial charge on any atom is -0.493 e. The average molecular weight is 533 g/mol. The molecule has 38 heavy (non-hydrogen) atoms. The number of rotatable bonds is 15. The maximum Gasteiger partial charge on any atom is 0.308 e. The van der Waals surface area contributed by atoms with E-state index in [-0.39, 0.29) is 36.7 Å². The Labute approximate surface area is 228 Å². The Morgan fingerprint density at radius 1 is 1.11 bits per heavy atom. The van der Waals surface area contributed by atoms with E-state index in [0.717, 1.165) is 57.2 Å². The van der Waals surface area contributed by atoms with Crippen molar-refractivity contribution in [2.24, 2.45) is 11.3 Å². The molecule has 1 N–H and O–H groups in total. The molecule has 3 atom stereocenters. The molecule has 1 saturated heterocycles. The zero-order valence-electron chi connectivity index (χ0n) is 24.3. The van der Waals surface area contributed by atoms with Gasteiger partial charge in [-0.1, -0.05) is 53.9 Å². The summed E-state index contributed by atoms with van der Waals surface area (Å²) in [7, 11) is 1.59. The van der Waals surface area contributed by atoms with Crippen molar-refractivity contribution in [3.05, 3.63) is 17.7 Å². The molecule has 1 fully saturated rings. The lowest BCUT2D eigenvalue weighted by Gasteiger charge is -2.37. The minimum absolute atomic E-state index is 0.0417. The first kappa shape index (κ1) is 30.1. The smallest absolute Gasteiger partial charge is 0.308 e. The molecule has 8 heteroatoms. The predicted octanol–water partition coefficient (Wildman–Crippen LogP) is 5.89. The van der Waals surface area contributed by atoms with E-state index in [4.69, 9.17) is 14.2 Å². The highest BCUT2D eigenvalue weighted by atomic mass is 16.7. The Hall–Kier alpha value is -2.48. The number of fused-ring (bicyclic) bond motifs is 1. The van der Waals surface area contributed by atoms with E-state index in [9.17, 15) is 14.7 Å². The van der Waals surface area contributed by atoms with Crippen LogP contribution in [0.5, 0.6) is 17.2 Å². The number of carboxylic acids is 1. The van der Waals surface area contributed by atoms with Gasteiger partial charge in [-0.25, -0.2) is 0 Å². The van der Waals surface area contributed by atoms with Crippen LogP contribution >= 0.6 is 0 Å². The second-order valence-electron chi connectivity index (χ2n) is 11.6. The topological polar surface area (TPSA) is 88.5 Å². The van der Waals surface area contributed by atoms with Gasteiger partial charge in [0.2, 0.25) is 18.4 Å². The zero-order valence-corrected chi connectivity index (χ0v) is 24.3. The molecule has 0 bridgehead atoms. The van der Waals surface area contributed by atoms with Gasteiger partial charge in [0.1, 0.15) is 0 Å². The van der Waals surface area contributed by atoms with Gasteiger partial charge in [-0.3, -0.25) is 14.5 Å². The maximum atomic E-state index is 13.8. The first-order chi connectivity index (χ1) is 18.1. The van der Waals surface area contributed by atoms with Crippen LogP contribution in [-0.2, 0) is 9.59 Å². The lowest BCUT2D eigenvalue weighted by molar-refractivity contribution is -0.143.